The van der Waals surface area contributed by atoms with Crippen LogP contribution in [-0.2, 0) is 6.54 Å². The van der Waals surface area contributed by atoms with Gasteiger partial charge in [-0.05, 0) is 48.5 Å². The first-order chi connectivity index (χ1) is 12.2. The standard InChI is InChI=1S/C19H15N5O/c20-11-14-4-6-15(7-5-14)24-17-8-9-18(22-13-17)19(25)23-12-16-3-1-2-10-21-16/h1-10,13,24H,12H2,(H,23,25). The van der Waals surface area contributed by atoms with Gasteiger partial charge in [0.1, 0.15) is 5.69 Å². The van der Waals surface area contributed by atoms with Crippen LogP contribution in [0.5, 0.6) is 0 Å². The van der Waals surface area contributed by atoms with Gasteiger partial charge in [-0.2, -0.15) is 5.26 Å². The Morgan fingerprint density at radius 2 is 1.80 bits per heavy atom. The summed E-state index contributed by atoms with van der Waals surface area (Å²) in [6.45, 7) is 0.354. The summed E-state index contributed by atoms with van der Waals surface area (Å²) >= 11 is 0. The Labute approximate surface area is 145 Å². The van der Waals surface area contributed by atoms with Crippen LogP contribution in [0.1, 0.15) is 21.7 Å². The molecule has 3 rings (SSSR count). The minimum Gasteiger partial charge on any atom is -0.354 e. The molecule has 2 heterocycles. The molecule has 1 aromatic carbocycles. The highest BCUT2D eigenvalue weighted by molar-refractivity contribution is 5.92. The number of pyridine rings is 2. The molecule has 0 saturated carbocycles. The van der Waals surface area contributed by atoms with Crippen molar-refractivity contribution in [3.63, 3.8) is 0 Å². The van der Waals surface area contributed by atoms with E-state index >= 15 is 0 Å². The van der Waals surface area contributed by atoms with Crippen molar-refractivity contribution in [3.8, 4) is 6.07 Å². The zero-order valence-electron chi connectivity index (χ0n) is 13.3. The Morgan fingerprint density at radius 3 is 2.44 bits per heavy atom. The fourth-order valence-electron chi connectivity index (χ4n) is 2.16. The molecule has 0 unspecified atom stereocenters. The fourth-order valence-corrected chi connectivity index (χ4v) is 2.16. The average Bonchev–Trinajstić information content (AvgIpc) is 2.68. The summed E-state index contributed by atoms with van der Waals surface area (Å²) in [6.07, 6.45) is 3.28. The quantitative estimate of drug-likeness (QED) is 0.751. The van der Waals surface area contributed by atoms with Gasteiger partial charge in [-0.25, -0.2) is 4.98 Å². The summed E-state index contributed by atoms with van der Waals surface area (Å²) in [5.74, 6) is -0.254. The third kappa shape index (κ3) is 4.39. The second kappa shape index (κ2) is 7.70. The van der Waals surface area contributed by atoms with E-state index < -0.39 is 0 Å². The van der Waals surface area contributed by atoms with Crippen molar-refractivity contribution in [2.75, 3.05) is 5.32 Å². The van der Waals surface area contributed by atoms with E-state index in [-0.39, 0.29) is 5.91 Å². The smallest absolute Gasteiger partial charge is 0.270 e. The van der Waals surface area contributed by atoms with E-state index in [2.05, 4.69) is 26.7 Å². The minimum absolute atomic E-state index is 0.254. The zero-order valence-corrected chi connectivity index (χ0v) is 13.3. The lowest BCUT2D eigenvalue weighted by Crippen LogP contribution is -2.24. The van der Waals surface area contributed by atoms with Gasteiger partial charge in [0.2, 0.25) is 0 Å². The number of nitrogens with one attached hydrogen (secondary N) is 2. The summed E-state index contributed by atoms with van der Waals surface area (Å²) in [4.78, 5) is 20.4. The lowest BCUT2D eigenvalue weighted by molar-refractivity contribution is 0.0945. The first-order valence-electron chi connectivity index (χ1n) is 7.66. The van der Waals surface area contributed by atoms with Crippen molar-refractivity contribution in [3.05, 3.63) is 83.9 Å². The van der Waals surface area contributed by atoms with Crippen molar-refractivity contribution < 1.29 is 4.79 Å². The highest BCUT2D eigenvalue weighted by atomic mass is 16.1. The second-order valence-electron chi connectivity index (χ2n) is 5.25. The maximum atomic E-state index is 12.1. The molecule has 0 saturated heterocycles. The van der Waals surface area contributed by atoms with Crippen LogP contribution in [0.4, 0.5) is 11.4 Å². The molecule has 122 valence electrons. The number of rotatable bonds is 5. The number of carbonyl (C=O) groups is 1. The molecule has 0 bridgehead atoms. The molecule has 6 nitrogen and oxygen atoms in total. The summed E-state index contributed by atoms with van der Waals surface area (Å²) in [7, 11) is 0. The van der Waals surface area contributed by atoms with Crippen molar-refractivity contribution in [2.24, 2.45) is 0 Å². The predicted molar refractivity (Wildman–Crippen MR) is 94.1 cm³/mol. The van der Waals surface area contributed by atoms with Crippen LogP contribution < -0.4 is 10.6 Å². The number of anilines is 2. The zero-order chi connectivity index (χ0) is 17.5. The Morgan fingerprint density at radius 1 is 1.00 bits per heavy atom. The van der Waals surface area contributed by atoms with Gasteiger partial charge in [0.25, 0.3) is 5.91 Å². The van der Waals surface area contributed by atoms with Crippen LogP contribution in [0.3, 0.4) is 0 Å². The van der Waals surface area contributed by atoms with E-state index in [1.165, 1.54) is 0 Å². The fraction of sp³-hybridized carbons (Fsp3) is 0.0526. The van der Waals surface area contributed by atoms with Gasteiger partial charge < -0.3 is 10.6 Å². The van der Waals surface area contributed by atoms with Gasteiger partial charge >= 0.3 is 0 Å². The monoisotopic (exact) mass is 329 g/mol. The minimum atomic E-state index is -0.254. The number of nitrogens with zero attached hydrogens (tertiary/aromatic N) is 3. The Balaban J connectivity index is 1.59. The molecule has 0 aliphatic heterocycles. The third-order valence-electron chi connectivity index (χ3n) is 3.46. The van der Waals surface area contributed by atoms with E-state index in [1.54, 1.807) is 36.7 Å². The molecule has 0 aliphatic carbocycles. The van der Waals surface area contributed by atoms with Crippen molar-refractivity contribution in [1.82, 2.24) is 15.3 Å². The maximum Gasteiger partial charge on any atom is 0.270 e. The molecule has 0 spiro atoms. The number of hydrogen-bond acceptors (Lipinski definition) is 5. The van der Waals surface area contributed by atoms with Gasteiger partial charge in [-0.3, -0.25) is 9.78 Å². The van der Waals surface area contributed by atoms with Gasteiger partial charge in [0, 0.05) is 11.9 Å². The lowest BCUT2D eigenvalue weighted by atomic mass is 10.2. The molecule has 25 heavy (non-hydrogen) atoms. The number of nitriles is 1. The highest BCUT2D eigenvalue weighted by Crippen LogP contribution is 2.16. The highest BCUT2D eigenvalue weighted by Gasteiger charge is 2.07. The van der Waals surface area contributed by atoms with Crippen LogP contribution in [0, 0.1) is 11.3 Å². The van der Waals surface area contributed by atoms with Crippen LogP contribution in [0.2, 0.25) is 0 Å². The number of benzene rings is 1. The molecule has 0 radical (unpaired) electrons. The Hall–Kier alpha value is -3.72. The second-order valence-corrected chi connectivity index (χ2v) is 5.25. The lowest BCUT2D eigenvalue weighted by Gasteiger charge is -2.07. The van der Waals surface area contributed by atoms with Gasteiger partial charge in [0.05, 0.1) is 35.8 Å². The van der Waals surface area contributed by atoms with Gasteiger partial charge in [-0.15, -0.1) is 0 Å². The molecule has 1 amide bonds. The number of carbonyl (C=O) groups excluding carboxylic acids is 1. The average molecular weight is 329 g/mol. The molecule has 3 aromatic rings. The Bertz CT molecular complexity index is 884. The molecule has 0 atom stereocenters. The largest absolute Gasteiger partial charge is 0.354 e. The molecule has 2 aromatic heterocycles. The summed E-state index contributed by atoms with van der Waals surface area (Å²) in [6, 6.07) is 18.1. The Kier molecular flexibility index (Phi) is 4.98. The third-order valence-corrected chi connectivity index (χ3v) is 3.46. The van der Waals surface area contributed by atoms with Gasteiger partial charge in [0.15, 0.2) is 0 Å². The summed E-state index contributed by atoms with van der Waals surface area (Å²) < 4.78 is 0. The molecule has 0 fully saturated rings. The summed E-state index contributed by atoms with van der Waals surface area (Å²) in [5.41, 5.74) is 3.32. The van der Waals surface area contributed by atoms with Crippen molar-refractivity contribution >= 4 is 17.3 Å². The first kappa shape index (κ1) is 16.1. The van der Waals surface area contributed by atoms with E-state index in [0.29, 0.717) is 17.8 Å². The van der Waals surface area contributed by atoms with Crippen LogP contribution in [0.15, 0.2) is 67.0 Å². The number of amides is 1. The normalized spacial score (nSPS) is 9.88. The molecule has 6 heteroatoms. The topological polar surface area (TPSA) is 90.7 Å². The molecule has 2 N–H and O–H groups in total. The predicted octanol–water partition coefficient (Wildman–Crippen LogP) is 3.02. The van der Waals surface area contributed by atoms with E-state index in [4.69, 9.17) is 5.26 Å². The molecular formula is C19H15N5O. The van der Waals surface area contributed by atoms with Crippen LogP contribution in [0.25, 0.3) is 0 Å². The van der Waals surface area contributed by atoms with Crippen molar-refractivity contribution in [1.29, 1.82) is 5.26 Å². The van der Waals surface area contributed by atoms with Gasteiger partial charge in [-0.1, -0.05) is 6.07 Å². The number of hydrogen-bond donors (Lipinski definition) is 2. The molecular weight excluding hydrogens is 314 g/mol. The number of aromatic nitrogens is 2. The maximum absolute atomic E-state index is 12.1. The van der Waals surface area contributed by atoms with E-state index in [9.17, 15) is 4.79 Å². The SMILES string of the molecule is N#Cc1ccc(Nc2ccc(C(=O)NCc3ccccn3)nc2)cc1. The van der Waals surface area contributed by atoms with Crippen LogP contribution in [-0.4, -0.2) is 15.9 Å². The van der Waals surface area contributed by atoms with Crippen molar-refractivity contribution in [2.45, 2.75) is 6.54 Å². The van der Waals surface area contributed by atoms with E-state index in [0.717, 1.165) is 17.1 Å². The van der Waals surface area contributed by atoms with Crippen LogP contribution >= 0.6 is 0 Å². The summed E-state index contributed by atoms with van der Waals surface area (Å²) in [5, 5.41) is 14.7. The first-order valence-corrected chi connectivity index (χ1v) is 7.66. The van der Waals surface area contributed by atoms with E-state index in [1.807, 2.05) is 30.3 Å². The molecule has 0 aliphatic rings.